The fourth-order valence-corrected chi connectivity index (χ4v) is 8.51. The minimum absolute atomic E-state index is 0.0572. The average Bonchev–Trinajstić information content (AvgIpc) is 3.21. The van der Waals surface area contributed by atoms with Crippen molar-refractivity contribution in [3.63, 3.8) is 0 Å². The molecule has 0 aromatic carbocycles. The van der Waals surface area contributed by atoms with Crippen LogP contribution in [0.1, 0.15) is 93.8 Å². The van der Waals surface area contributed by atoms with Crippen LogP contribution < -0.4 is 16.4 Å². The first kappa shape index (κ1) is 34.0. The number of nitrogens with zero attached hydrogens (tertiary/aromatic N) is 6. The Kier molecular flexibility index (Phi) is 10.9. The number of amides is 2. The maximum Gasteiger partial charge on any atom is 0.259 e. The number of carbonyl (C=O) groups is 2. The van der Waals surface area contributed by atoms with Crippen LogP contribution in [0.5, 0.6) is 0 Å². The Labute approximate surface area is 277 Å². The molecular formula is C34H53F2N9O2. The number of anilines is 1. The van der Waals surface area contributed by atoms with Crippen molar-refractivity contribution < 1.29 is 18.4 Å². The standard InChI is InChI=1S/C34H53F2N9O2/c1-42-15-10-16-44(20-19-42)33(47)24-11-17-43(18-12-24)28-26(40-32(46)27-30(37)41-45-23-25(35)21-38-31(27)45)22-39-34(29(28)36)13-8-6-4-2-3-5-7-9-14-34/h21,23-24,26,28-29,39H,2-20,22H2,1H3,(H2,37,41)(H,40,46). The van der Waals surface area contributed by atoms with E-state index in [2.05, 4.69) is 37.6 Å². The van der Waals surface area contributed by atoms with Crippen molar-refractivity contribution in [2.45, 2.75) is 107 Å². The van der Waals surface area contributed by atoms with Crippen LogP contribution in [0.25, 0.3) is 5.65 Å². The molecule has 3 atom stereocenters. The van der Waals surface area contributed by atoms with Gasteiger partial charge in [0, 0.05) is 32.1 Å². The Bertz CT molecular complexity index is 1370. The van der Waals surface area contributed by atoms with Crippen molar-refractivity contribution in [1.29, 1.82) is 0 Å². The minimum Gasteiger partial charge on any atom is -0.381 e. The largest absolute Gasteiger partial charge is 0.381 e. The van der Waals surface area contributed by atoms with Crippen LogP contribution in [-0.4, -0.2) is 118 Å². The topological polar surface area (TPSA) is 124 Å². The summed E-state index contributed by atoms with van der Waals surface area (Å²) in [6.07, 6.45) is 13.8. The third-order valence-electron chi connectivity index (χ3n) is 11.3. The number of nitrogens with one attached hydrogen (secondary N) is 2. The maximum absolute atomic E-state index is 17.4. The fraction of sp³-hybridized carbons (Fsp3) is 0.765. The molecule has 1 saturated carbocycles. The number of fused-ring (bicyclic) bond motifs is 1. The van der Waals surface area contributed by atoms with Gasteiger partial charge < -0.3 is 26.2 Å². The molecule has 1 aliphatic carbocycles. The molecule has 1 spiro atoms. The molecule has 0 radical (unpaired) electrons. The molecule has 260 valence electrons. The van der Waals surface area contributed by atoms with Crippen molar-refractivity contribution in [2.75, 3.05) is 58.6 Å². The van der Waals surface area contributed by atoms with E-state index in [1.807, 2.05) is 4.90 Å². The van der Waals surface area contributed by atoms with E-state index in [4.69, 9.17) is 5.73 Å². The van der Waals surface area contributed by atoms with Crippen LogP contribution in [0.4, 0.5) is 14.6 Å². The number of aromatic nitrogens is 3. The van der Waals surface area contributed by atoms with Gasteiger partial charge in [0.2, 0.25) is 5.91 Å². The van der Waals surface area contributed by atoms with Crippen molar-refractivity contribution in [1.82, 2.24) is 39.9 Å². The highest BCUT2D eigenvalue weighted by Gasteiger charge is 2.52. The zero-order valence-electron chi connectivity index (χ0n) is 27.9. The van der Waals surface area contributed by atoms with Crippen LogP contribution >= 0.6 is 0 Å². The van der Waals surface area contributed by atoms with E-state index >= 15 is 4.39 Å². The fourth-order valence-electron chi connectivity index (χ4n) is 8.51. The monoisotopic (exact) mass is 657 g/mol. The Balaban J connectivity index is 1.22. The molecule has 4 aliphatic rings. The summed E-state index contributed by atoms with van der Waals surface area (Å²) in [7, 11) is 2.10. The number of hydrogen-bond donors (Lipinski definition) is 3. The lowest BCUT2D eigenvalue weighted by Crippen LogP contribution is -2.73. The van der Waals surface area contributed by atoms with Gasteiger partial charge in [0.1, 0.15) is 11.7 Å². The molecule has 47 heavy (non-hydrogen) atoms. The van der Waals surface area contributed by atoms with Crippen LogP contribution in [0.15, 0.2) is 12.4 Å². The number of alkyl halides is 1. The number of halogens is 2. The number of likely N-dealkylation sites (N-methyl/N-ethyl adjacent to an activating group) is 1. The number of nitrogens with two attached hydrogens (primary N) is 1. The Morgan fingerprint density at radius 2 is 1.64 bits per heavy atom. The molecule has 2 aromatic rings. The summed E-state index contributed by atoms with van der Waals surface area (Å²) in [4.78, 5) is 37.9. The predicted octanol–water partition coefficient (Wildman–Crippen LogP) is 3.39. The molecule has 2 aromatic heterocycles. The van der Waals surface area contributed by atoms with E-state index in [0.717, 1.165) is 88.0 Å². The second-order valence-corrected chi connectivity index (χ2v) is 14.4. The highest BCUT2D eigenvalue weighted by atomic mass is 19.1. The Hall–Kier alpha value is -2.90. The van der Waals surface area contributed by atoms with Gasteiger partial charge in [0.05, 0.1) is 30.0 Å². The summed E-state index contributed by atoms with van der Waals surface area (Å²) in [6, 6.07) is -1.12. The maximum atomic E-state index is 17.4. The van der Waals surface area contributed by atoms with Gasteiger partial charge >= 0.3 is 0 Å². The van der Waals surface area contributed by atoms with Gasteiger partial charge in [0.15, 0.2) is 17.3 Å². The second-order valence-electron chi connectivity index (χ2n) is 14.4. The zero-order chi connectivity index (χ0) is 33.0. The molecule has 6 rings (SSSR count). The summed E-state index contributed by atoms with van der Waals surface area (Å²) in [5.41, 5.74) is 5.67. The lowest BCUT2D eigenvalue weighted by atomic mass is 9.74. The molecule has 5 heterocycles. The average molecular weight is 658 g/mol. The van der Waals surface area contributed by atoms with E-state index in [0.29, 0.717) is 32.5 Å². The first-order valence-electron chi connectivity index (χ1n) is 18.0. The Morgan fingerprint density at radius 3 is 2.34 bits per heavy atom. The molecule has 4 fully saturated rings. The summed E-state index contributed by atoms with van der Waals surface area (Å²) in [5, 5.41) is 10.8. The molecular weight excluding hydrogens is 604 g/mol. The van der Waals surface area contributed by atoms with Gasteiger partial charge in [-0.3, -0.25) is 14.5 Å². The molecule has 3 saturated heterocycles. The second kappa shape index (κ2) is 15.1. The predicted molar refractivity (Wildman–Crippen MR) is 177 cm³/mol. The Morgan fingerprint density at radius 1 is 0.957 bits per heavy atom. The van der Waals surface area contributed by atoms with Crippen molar-refractivity contribution in [3.8, 4) is 0 Å². The van der Waals surface area contributed by atoms with Crippen molar-refractivity contribution in [3.05, 3.63) is 23.8 Å². The number of rotatable bonds is 4. The minimum atomic E-state index is -1.22. The lowest BCUT2D eigenvalue weighted by molar-refractivity contribution is -0.137. The molecule has 3 unspecified atom stereocenters. The molecule has 11 nitrogen and oxygen atoms in total. The molecule has 2 amide bonds. The van der Waals surface area contributed by atoms with E-state index in [-0.39, 0.29) is 28.9 Å². The van der Waals surface area contributed by atoms with Gasteiger partial charge in [0.25, 0.3) is 5.91 Å². The van der Waals surface area contributed by atoms with Gasteiger partial charge in [-0.15, -0.1) is 5.10 Å². The van der Waals surface area contributed by atoms with Crippen LogP contribution in [0.3, 0.4) is 0 Å². The molecule has 0 bridgehead atoms. The van der Waals surface area contributed by atoms with Gasteiger partial charge in [-0.1, -0.05) is 51.4 Å². The number of carbonyl (C=O) groups excluding carboxylic acids is 2. The highest BCUT2D eigenvalue weighted by Crippen LogP contribution is 2.38. The number of piperidine rings is 2. The first-order valence-corrected chi connectivity index (χ1v) is 18.0. The van der Waals surface area contributed by atoms with Crippen LogP contribution in [0, 0.1) is 11.7 Å². The van der Waals surface area contributed by atoms with Crippen molar-refractivity contribution >= 4 is 23.3 Å². The van der Waals surface area contributed by atoms with E-state index in [9.17, 15) is 14.0 Å². The summed E-state index contributed by atoms with van der Waals surface area (Å²) in [6.45, 7) is 5.02. The first-order chi connectivity index (χ1) is 22.8. The van der Waals surface area contributed by atoms with E-state index in [1.54, 1.807) is 0 Å². The SMILES string of the molecule is CN1CCCN(C(=O)C2CCN(C3C(NC(=O)c4c(N)nn5cc(F)cnc45)CNC4(CCCCCCCCCC4)C3F)CC2)CC1. The smallest absolute Gasteiger partial charge is 0.259 e. The molecule has 4 N–H and O–H groups in total. The third-order valence-corrected chi connectivity index (χ3v) is 11.3. The summed E-state index contributed by atoms with van der Waals surface area (Å²) >= 11 is 0. The number of hydrogen-bond acceptors (Lipinski definition) is 8. The normalized spacial score (nSPS) is 27.7. The van der Waals surface area contributed by atoms with Crippen molar-refractivity contribution in [2.24, 2.45) is 5.92 Å². The van der Waals surface area contributed by atoms with Gasteiger partial charge in [-0.05, 0) is 58.8 Å². The van der Waals surface area contributed by atoms with E-state index < -0.39 is 35.5 Å². The number of likely N-dealkylation sites (tertiary alicyclic amines) is 1. The number of nitrogen functional groups attached to an aromatic ring is 1. The summed E-state index contributed by atoms with van der Waals surface area (Å²) < 4.78 is 32.4. The molecule has 3 aliphatic heterocycles. The third kappa shape index (κ3) is 7.57. The lowest BCUT2D eigenvalue weighted by Gasteiger charge is -2.53. The van der Waals surface area contributed by atoms with Gasteiger partial charge in [-0.2, -0.15) is 0 Å². The van der Waals surface area contributed by atoms with Crippen LogP contribution in [-0.2, 0) is 4.79 Å². The zero-order valence-corrected chi connectivity index (χ0v) is 27.9. The van der Waals surface area contributed by atoms with E-state index in [1.165, 1.54) is 25.7 Å². The van der Waals surface area contributed by atoms with Gasteiger partial charge in [-0.25, -0.2) is 18.3 Å². The van der Waals surface area contributed by atoms with Crippen LogP contribution in [0.2, 0.25) is 0 Å². The molecule has 13 heteroatoms. The highest BCUT2D eigenvalue weighted by molar-refractivity contribution is 6.04. The quantitative estimate of drug-likeness (QED) is 0.458. The summed E-state index contributed by atoms with van der Waals surface area (Å²) in [5.74, 6) is -1.01.